The van der Waals surface area contributed by atoms with E-state index in [0.717, 1.165) is 29.0 Å². The number of nitriles is 1. The van der Waals surface area contributed by atoms with E-state index < -0.39 is 29.8 Å². The van der Waals surface area contributed by atoms with Crippen LogP contribution in [0.1, 0.15) is 31.5 Å². The van der Waals surface area contributed by atoms with Crippen LogP contribution in [0, 0.1) is 35.8 Å². The summed E-state index contributed by atoms with van der Waals surface area (Å²) < 4.78 is 39.1. The van der Waals surface area contributed by atoms with Gasteiger partial charge in [-0.3, -0.25) is 14.6 Å². The van der Waals surface area contributed by atoms with Crippen molar-refractivity contribution in [1.82, 2.24) is 49.1 Å². The zero-order valence-corrected chi connectivity index (χ0v) is 34.2. The van der Waals surface area contributed by atoms with Gasteiger partial charge in [0.1, 0.15) is 46.7 Å². The minimum atomic E-state index is -0.834. The average molecular weight is 841 g/mol. The number of rotatable bonds is 5. The number of aryl methyl sites for hydroxylation is 1. The number of hydrogen-bond acceptors (Lipinski definition) is 13. The monoisotopic (exact) mass is 840 g/mol. The smallest absolute Gasteiger partial charge is 0.245 e. The van der Waals surface area contributed by atoms with Crippen molar-refractivity contribution >= 4 is 51.5 Å². The van der Waals surface area contributed by atoms with E-state index in [1.165, 1.54) is 16.9 Å². The van der Waals surface area contributed by atoms with Gasteiger partial charge in [-0.25, -0.2) is 23.4 Å². The number of halogens is 2. The Kier molecular flexibility index (Phi) is 8.86. The van der Waals surface area contributed by atoms with Crippen molar-refractivity contribution in [1.29, 1.82) is 5.26 Å². The molecule has 1 N–H and O–H groups in total. The Labute approximate surface area is 353 Å². The van der Waals surface area contributed by atoms with Gasteiger partial charge in [-0.05, 0) is 62.9 Å². The van der Waals surface area contributed by atoms with Crippen LogP contribution in [0.25, 0.3) is 39.1 Å². The van der Waals surface area contributed by atoms with E-state index in [0.29, 0.717) is 73.7 Å². The first-order chi connectivity index (χ1) is 30.1. The summed E-state index contributed by atoms with van der Waals surface area (Å²) in [5.41, 5.74) is 3.16. The van der Waals surface area contributed by atoms with E-state index in [9.17, 15) is 19.2 Å². The van der Waals surface area contributed by atoms with Gasteiger partial charge in [0.25, 0.3) is 0 Å². The molecular formula is C43H42F2N14O3. The van der Waals surface area contributed by atoms with Gasteiger partial charge >= 0.3 is 0 Å². The van der Waals surface area contributed by atoms with Crippen molar-refractivity contribution < 1.29 is 23.1 Å². The lowest BCUT2D eigenvalue weighted by Gasteiger charge is -2.58. The Morgan fingerprint density at radius 3 is 2.55 bits per heavy atom. The Morgan fingerprint density at radius 1 is 0.903 bits per heavy atom. The lowest BCUT2D eigenvalue weighted by Crippen LogP contribution is -2.74. The molecule has 5 aliphatic heterocycles. The van der Waals surface area contributed by atoms with Crippen LogP contribution in [0.2, 0.25) is 0 Å². The number of benzene rings is 1. The quantitative estimate of drug-likeness (QED) is 0.265. The molecule has 2 amide bonds. The van der Waals surface area contributed by atoms with E-state index >= 15 is 4.39 Å². The molecule has 12 rings (SSSR count). The zero-order valence-electron chi connectivity index (χ0n) is 34.2. The van der Waals surface area contributed by atoms with Crippen LogP contribution in [0.15, 0.2) is 54.9 Å². The van der Waals surface area contributed by atoms with Gasteiger partial charge in [0.2, 0.25) is 17.8 Å². The van der Waals surface area contributed by atoms with Crippen LogP contribution in [0.5, 0.6) is 0 Å². The summed E-state index contributed by atoms with van der Waals surface area (Å²) in [6.45, 7) is 3.36. The number of carbonyl (C=O) groups is 2. The molecule has 6 aromatic rings. The molecule has 0 radical (unpaired) electrons. The molecule has 17 nitrogen and oxygen atoms in total. The molecule has 1 saturated carbocycles. The minimum Gasteiger partial charge on any atom is -0.378 e. The number of piperazine rings is 1. The van der Waals surface area contributed by atoms with Crippen LogP contribution in [0.4, 0.5) is 26.4 Å². The number of amides is 2. The van der Waals surface area contributed by atoms with Crippen molar-refractivity contribution in [2.45, 2.75) is 75.5 Å². The van der Waals surface area contributed by atoms with Gasteiger partial charge in [-0.2, -0.15) is 20.3 Å². The predicted octanol–water partition coefficient (Wildman–Crippen LogP) is 3.85. The topological polar surface area (TPSA) is 179 Å². The Morgan fingerprint density at radius 2 is 1.76 bits per heavy atom. The summed E-state index contributed by atoms with van der Waals surface area (Å²) in [5, 5.41) is 18.0. The third-order valence-corrected chi connectivity index (χ3v) is 13.3. The van der Waals surface area contributed by atoms with E-state index in [-0.39, 0.29) is 59.7 Å². The van der Waals surface area contributed by atoms with Crippen molar-refractivity contribution in [3.8, 4) is 23.1 Å². The predicted molar refractivity (Wildman–Crippen MR) is 222 cm³/mol. The molecule has 1 unspecified atom stereocenters. The lowest BCUT2D eigenvalue weighted by molar-refractivity contribution is -0.146. The number of aromatic nitrogens is 8. The van der Waals surface area contributed by atoms with Crippen LogP contribution >= 0.6 is 0 Å². The summed E-state index contributed by atoms with van der Waals surface area (Å²) >= 11 is 0. The second-order valence-electron chi connectivity index (χ2n) is 17.0. The third-order valence-electron chi connectivity index (χ3n) is 13.3. The van der Waals surface area contributed by atoms with Crippen molar-refractivity contribution in [3.05, 3.63) is 72.3 Å². The highest BCUT2D eigenvalue weighted by atomic mass is 19.1. The molecule has 5 fully saturated rings. The maximum atomic E-state index is 15.5. The van der Waals surface area contributed by atoms with Crippen LogP contribution in [-0.2, 0) is 20.9 Å². The number of fused-ring (bicyclic) bond motifs is 8. The van der Waals surface area contributed by atoms with Crippen molar-refractivity contribution in [2.75, 3.05) is 48.9 Å². The van der Waals surface area contributed by atoms with Gasteiger partial charge in [0.05, 0.1) is 59.0 Å². The first-order valence-electron chi connectivity index (χ1n) is 20.9. The Balaban J connectivity index is 1.01. The van der Waals surface area contributed by atoms with E-state index in [2.05, 4.69) is 21.1 Å². The molecule has 0 spiro atoms. The van der Waals surface area contributed by atoms with Crippen LogP contribution in [-0.4, -0.2) is 131 Å². The molecule has 1 aliphatic carbocycles. The van der Waals surface area contributed by atoms with E-state index in [1.807, 2.05) is 45.9 Å². The first-order valence-corrected chi connectivity index (χ1v) is 20.9. The lowest BCUT2D eigenvalue weighted by atomic mass is 9.77. The molecule has 6 bridgehead atoms. The summed E-state index contributed by atoms with van der Waals surface area (Å²) in [6, 6.07) is 11.5. The van der Waals surface area contributed by atoms with Crippen molar-refractivity contribution in [3.63, 3.8) is 0 Å². The summed E-state index contributed by atoms with van der Waals surface area (Å²) in [5.74, 6) is 0.170. The Hall–Kier alpha value is -6.81. The molecule has 6 aliphatic rings. The number of hydrogen-bond donors (Lipinski definition) is 1. The average Bonchev–Trinajstić information content (AvgIpc) is 3.94. The van der Waals surface area contributed by atoms with Crippen molar-refractivity contribution in [2.24, 2.45) is 5.92 Å². The number of pyridine rings is 2. The second-order valence-corrected chi connectivity index (χ2v) is 17.0. The number of nitrogens with one attached hydrogen (secondary N) is 1. The van der Waals surface area contributed by atoms with Crippen LogP contribution < -0.4 is 15.1 Å². The minimum absolute atomic E-state index is 0.0205. The highest BCUT2D eigenvalue weighted by Crippen LogP contribution is 2.43. The third kappa shape index (κ3) is 6.02. The maximum Gasteiger partial charge on any atom is 0.245 e. The van der Waals surface area contributed by atoms with Gasteiger partial charge in [0, 0.05) is 58.1 Å². The summed E-state index contributed by atoms with van der Waals surface area (Å²) in [4.78, 5) is 61.1. The fourth-order valence-electron chi connectivity index (χ4n) is 10.0. The highest BCUT2D eigenvalue weighted by molar-refractivity contribution is 5.95. The van der Waals surface area contributed by atoms with Crippen LogP contribution in [0.3, 0.4) is 0 Å². The number of anilines is 3. The molecule has 5 aromatic heterocycles. The molecule has 5 atom stereocenters. The fourth-order valence-corrected chi connectivity index (χ4v) is 10.0. The van der Waals surface area contributed by atoms with Gasteiger partial charge in [-0.1, -0.05) is 6.07 Å². The highest BCUT2D eigenvalue weighted by Gasteiger charge is 2.55. The maximum absolute atomic E-state index is 15.5. The number of nitrogens with zero attached hydrogens (tertiary/aromatic N) is 13. The van der Waals surface area contributed by atoms with Gasteiger partial charge in [0.15, 0.2) is 11.5 Å². The molecule has 19 heteroatoms. The largest absolute Gasteiger partial charge is 0.378 e. The number of imidazole rings is 1. The molecule has 4 saturated heterocycles. The van der Waals surface area contributed by atoms with E-state index in [4.69, 9.17) is 29.7 Å². The van der Waals surface area contributed by atoms with Gasteiger partial charge in [-0.15, -0.1) is 0 Å². The first kappa shape index (κ1) is 38.1. The molecule has 316 valence electrons. The number of ether oxygens (including phenoxy) is 1. The molecular weight excluding hydrogens is 799 g/mol. The van der Waals surface area contributed by atoms with Gasteiger partial charge < -0.3 is 34.2 Å². The SMILES string of the molecule is CO[C@H]1CN(C)C(=O)[C@@H]2C[C@@H](CN2c2nc(N3C4C[C@@H]3CN(C3CC(C#N)C3)C4=O)nc3c2cnn3-c2ccc(F)cc2F)Nc2cccc(n2)-c2nccc3nc(C)n(c23)C1. The summed E-state index contributed by atoms with van der Waals surface area (Å²) in [7, 11) is 3.39. The standard InChI is InChI=1S/C43H42F2N14O3/c1-22-49-32-9-10-47-37-31-5-4-6-36(51-31)50-25-14-34(41(60)54(2)20-28(62-3)21-55(22)38(32)37)57(18-25)39-29-17-48-59(33-8-7-24(44)13-30(33)45)40(29)53-43(52-39)58-27-15-35(58)42(61)56(19-27)26-11-23(12-26)16-46/h4-10,13,17,23,25-28,34-35H,11-12,14-15,18-21H2,1-3H3,(H,50,51)/t23?,25-,26?,27+,28-,34-,35?/m0/s1. The normalized spacial score (nSPS) is 25.9. The fraction of sp³-hybridized carbons (Fsp3) is 0.419. The number of methoxy groups -OCH3 is 1. The second kappa shape index (κ2) is 14.4. The summed E-state index contributed by atoms with van der Waals surface area (Å²) in [6.07, 6.45) is 5.15. The number of carbonyl (C=O) groups excluding carboxylic acids is 2. The number of piperidine rings is 1. The molecule has 10 heterocycles. The Bertz CT molecular complexity index is 2850. The zero-order chi connectivity index (χ0) is 42.6. The van der Waals surface area contributed by atoms with E-state index in [1.54, 1.807) is 25.3 Å². The molecule has 62 heavy (non-hydrogen) atoms. The molecule has 1 aromatic carbocycles. The number of likely N-dealkylation sites (N-methyl/N-ethyl adjacent to an activating group) is 1.